The molecule has 30 heavy (non-hydrogen) atoms. The summed E-state index contributed by atoms with van der Waals surface area (Å²) in [6, 6.07) is 9.95. The molecule has 0 radical (unpaired) electrons. The average molecular weight is 440 g/mol. The van der Waals surface area contributed by atoms with Crippen LogP contribution in [0.4, 0.5) is 0 Å². The van der Waals surface area contributed by atoms with Crippen molar-refractivity contribution >= 4 is 39.2 Å². The van der Waals surface area contributed by atoms with Gasteiger partial charge in [0.1, 0.15) is 4.83 Å². The fraction of sp³-hybridized carbons (Fsp3) is 0.435. The predicted molar refractivity (Wildman–Crippen MR) is 123 cm³/mol. The van der Waals surface area contributed by atoms with Crippen LogP contribution in [-0.2, 0) is 17.6 Å². The van der Waals surface area contributed by atoms with Crippen molar-refractivity contribution in [1.29, 1.82) is 0 Å². The van der Waals surface area contributed by atoms with Gasteiger partial charge in [-0.3, -0.25) is 14.2 Å². The smallest absolute Gasteiger partial charge is 0.267 e. The Bertz CT molecular complexity index is 1150. The summed E-state index contributed by atoms with van der Waals surface area (Å²) >= 11 is 3.03. The number of carbonyl (C=O) groups excluding carboxylic acids is 1. The SMILES string of the molecule is CC1CCCCN1C(=O)CSc1nc2sc3c(c2c(=O)n1-c1ccccc1)CCC3. The van der Waals surface area contributed by atoms with E-state index in [1.165, 1.54) is 28.6 Å². The molecule has 5 rings (SSSR count). The lowest BCUT2D eigenvalue weighted by Crippen LogP contribution is -2.43. The third-order valence-corrected chi connectivity index (χ3v) is 8.28. The van der Waals surface area contributed by atoms with Crippen molar-refractivity contribution < 1.29 is 4.79 Å². The molecule has 1 amide bonds. The molecular formula is C23H25N3O2S2. The Morgan fingerprint density at radius 3 is 2.83 bits per heavy atom. The van der Waals surface area contributed by atoms with Crippen LogP contribution in [0.2, 0.25) is 0 Å². The number of benzene rings is 1. The monoisotopic (exact) mass is 439 g/mol. The third kappa shape index (κ3) is 3.48. The highest BCUT2D eigenvalue weighted by atomic mass is 32.2. The van der Waals surface area contributed by atoms with Crippen molar-refractivity contribution in [2.45, 2.75) is 56.6 Å². The predicted octanol–water partition coefficient (Wildman–Crippen LogP) is 4.43. The van der Waals surface area contributed by atoms with E-state index in [1.807, 2.05) is 35.2 Å². The van der Waals surface area contributed by atoms with E-state index in [0.29, 0.717) is 17.0 Å². The molecule has 0 bridgehead atoms. The molecule has 1 fully saturated rings. The van der Waals surface area contributed by atoms with Crippen LogP contribution in [0.1, 0.15) is 43.0 Å². The molecule has 0 N–H and O–H groups in total. The first-order valence-electron chi connectivity index (χ1n) is 10.7. The molecule has 3 aromatic rings. The van der Waals surface area contributed by atoms with Crippen molar-refractivity contribution in [3.63, 3.8) is 0 Å². The van der Waals surface area contributed by atoms with E-state index in [-0.39, 0.29) is 11.5 Å². The highest BCUT2D eigenvalue weighted by Crippen LogP contribution is 2.36. The fourth-order valence-electron chi connectivity index (χ4n) is 4.60. The molecule has 1 aliphatic carbocycles. The van der Waals surface area contributed by atoms with Crippen LogP contribution in [0.3, 0.4) is 0 Å². The van der Waals surface area contributed by atoms with Gasteiger partial charge in [-0.25, -0.2) is 4.98 Å². The average Bonchev–Trinajstić information content (AvgIpc) is 3.34. The molecule has 5 nitrogen and oxygen atoms in total. The molecule has 2 aromatic heterocycles. The largest absolute Gasteiger partial charge is 0.339 e. The number of fused-ring (bicyclic) bond motifs is 3. The second-order valence-electron chi connectivity index (χ2n) is 8.13. The van der Waals surface area contributed by atoms with Gasteiger partial charge in [0.15, 0.2) is 5.16 Å². The molecule has 156 valence electrons. The summed E-state index contributed by atoms with van der Waals surface area (Å²) in [6.45, 7) is 2.95. The molecule has 1 atom stereocenters. The number of amides is 1. The standard InChI is InChI=1S/C23H25N3O2S2/c1-15-8-5-6-13-25(15)19(27)14-29-23-24-21-20(17-11-7-12-18(17)30-21)22(28)26(23)16-9-3-2-4-10-16/h2-4,9-10,15H,5-8,11-14H2,1H3. The zero-order valence-corrected chi connectivity index (χ0v) is 18.7. The fourth-order valence-corrected chi connectivity index (χ4v) is 6.81. The molecule has 0 saturated carbocycles. The van der Waals surface area contributed by atoms with Crippen molar-refractivity contribution in [1.82, 2.24) is 14.5 Å². The van der Waals surface area contributed by atoms with Gasteiger partial charge in [-0.05, 0) is 63.1 Å². The van der Waals surface area contributed by atoms with Gasteiger partial charge in [-0.2, -0.15) is 0 Å². The summed E-state index contributed by atoms with van der Waals surface area (Å²) in [7, 11) is 0. The van der Waals surface area contributed by atoms with Gasteiger partial charge < -0.3 is 4.90 Å². The van der Waals surface area contributed by atoms with Crippen LogP contribution in [-0.4, -0.2) is 38.7 Å². The Hall–Kier alpha value is -2.12. The zero-order chi connectivity index (χ0) is 20.7. The Labute approximate surface area is 184 Å². The Morgan fingerprint density at radius 1 is 1.20 bits per heavy atom. The number of para-hydroxylation sites is 1. The lowest BCUT2D eigenvalue weighted by molar-refractivity contribution is -0.131. The number of thioether (sulfide) groups is 1. The van der Waals surface area contributed by atoms with E-state index in [1.54, 1.807) is 15.9 Å². The Balaban J connectivity index is 1.54. The highest BCUT2D eigenvalue weighted by Gasteiger charge is 2.26. The topological polar surface area (TPSA) is 55.2 Å². The summed E-state index contributed by atoms with van der Waals surface area (Å²) < 4.78 is 1.70. The first-order chi connectivity index (χ1) is 14.6. The number of hydrogen-bond donors (Lipinski definition) is 0. The lowest BCUT2D eigenvalue weighted by atomic mass is 10.0. The van der Waals surface area contributed by atoms with Gasteiger partial charge in [0, 0.05) is 17.5 Å². The van der Waals surface area contributed by atoms with E-state index in [0.717, 1.165) is 54.6 Å². The summed E-state index contributed by atoms with van der Waals surface area (Å²) in [5, 5.41) is 1.38. The van der Waals surface area contributed by atoms with E-state index >= 15 is 0 Å². The number of likely N-dealkylation sites (tertiary alicyclic amines) is 1. The second kappa shape index (κ2) is 8.19. The highest BCUT2D eigenvalue weighted by molar-refractivity contribution is 7.99. The summed E-state index contributed by atoms with van der Waals surface area (Å²) in [6.07, 6.45) is 6.43. The number of aromatic nitrogens is 2. The minimum Gasteiger partial charge on any atom is -0.339 e. The first-order valence-corrected chi connectivity index (χ1v) is 12.5. The maximum atomic E-state index is 13.6. The van der Waals surface area contributed by atoms with Crippen molar-refractivity contribution in [2.75, 3.05) is 12.3 Å². The Morgan fingerprint density at radius 2 is 2.03 bits per heavy atom. The second-order valence-corrected chi connectivity index (χ2v) is 10.2. The summed E-state index contributed by atoms with van der Waals surface area (Å²) in [4.78, 5) is 35.5. The normalized spacial score (nSPS) is 18.7. The van der Waals surface area contributed by atoms with Crippen LogP contribution in [0.15, 0.2) is 40.3 Å². The molecule has 1 aliphatic heterocycles. The third-order valence-electron chi connectivity index (χ3n) is 6.17. The molecule has 1 saturated heterocycles. The van der Waals surface area contributed by atoms with Crippen LogP contribution in [0.25, 0.3) is 15.9 Å². The van der Waals surface area contributed by atoms with E-state index in [9.17, 15) is 9.59 Å². The quantitative estimate of drug-likeness (QED) is 0.446. The maximum absolute atomic E-state index is 13.6. The lowest BCUT2D eigenvalue weighted by Gasteiger charge is -2.33. The number of thiophene rings is 1. The molecule has 1 unspecified atom stereocenters. The van der Waals surface area contributed by atoms with Crippen LogP contribution >= 0.6 is 23.1 Å². The van der Waals surface area contributed by atoms with Crippen LogP contribution in [0, 0.1) is 0 Å². The zero-order valence-electron chi connectivity index (χ0n) is 17.1. The van der Waals surface area contributed by atoms with Crippen molar-refractivity contribution in [3.05, 3.63) is 51.1 Å². The van der Waals surface area contributed by atoms with Gasteiger partial charge in [-0.15, -0.1) is 11.3 Å². The number of piperidine rings is 1. The maximum Gasteiger partial charge on any atom is 0.267 e. The van der Waals surface area contributed by atoms with E-state index in [2.05, 4.69) is 6.92 Å². The number of carbonyl (C=O) groups is 1. The van der Waals surface area contributed by atoms with E-state index < -0.39 is 0 Å². The van der Waals surface area contributed by atoms with Crippen molar-refractivity contribution in [3.8, 4) is 5.69 Å². The van der Waals surface area contributed by atoms with Gasteiger partial charge in [0.25, 0.3) is 5.56 Å². The summed E-state index contributed by atoms with van der Waals surface area (Å²) in [5.74, 6) is 0.440. The van der Waals surface area contributed by atoms with Gasteiger partial charge in [0.05, 0.1) is 16.8 Å². The van der Waals surface area contributed by atoms with Gasteiger partial charge >= 0.3 is 0 Å². The van der Waals surface area contributed by atoms with Crippen molar-refractivity contribution in [2.24, 2.45) is 0 Å². The number of nitrogens with zero attached hydrogens (tertiary/aromatic N) is 3. The minimum atomic E-state index is -0.00751. The Kier molecular flexibility index (Phi) is 5.41. The molecule has 3 heterocycles. The first kappa shape index (κ1) is 19.8. The van der Waals surface area contributed by atoms with Gasteiger partial charge in [-0.1, -0.05) is 30.0 Å². The molecular weight excluding hydrogens is 414 g/mol. The molecule has 2 aliphatic rings. The van der Waals surface area contributed by atoms with Crippen LogP contribution < -0.4 is 5.56 Å². The van der Waals surface area contributed by atoms with E-state index in [4.69, 9.17) is 4.98 Å². The molecule has 7 heteroatoms. The summed E-state index contributed by atoms with van der Waals surface area (Å²) in [5.41, 5.74) is 1.98. The minimum absolute atomic E-state index is 0.00751. The molecule has 0 spiro atoms. The number of aryl methyl sites for hydroxylation is 2. The van der Waals surface area contributed by atoms with Gasteiger partial charge in [0.2, 0.25) is 5.91 Å². The molecule has 1 aromatic carbocycles. The number of rotatable bonds is 4. The van der Waals surface area contributed by atoms with Crippen LogP contribution in [0.5, 0.6) is 0 Å². The number of hydrogen-bond acceptors (Lipinski definition) is 5.